The summed E-state index contributed by atoms with van der Waals surface area (Å²) in [5.74, 6) is -0.582. The number of sulfone groups is 1. The van der Waals surface area contributed by atoms with E-state index >= 15 is 0 Å². The van der Waals surface area contributed by atoms with Crippen LogP contribution in [0.15, 0.2) is 4.42 Å². The van der Waals surface area contributed by atoms with Gasteiger partial charge < -0.3 is 15.3 Å². The molecule has 1 aliphatic heterocycles. The Bertz CT molecular complexity index is 572. The molecule has 1 aromatic rings. The molecule has 17 heavy (non-hydrogen) atoms. The molecule has 0 saturated heterocycles. The summed E-state index contributed by atoms with van der Waals surface area (Å²) in [6, 6.07) is -1.16. The summed E-state index contributed by atoms with van der Waals surface area (Å²) in [6.45, 7) is 1.60. The van der Waals surface area contributed by atoms with Crippen LogP contribution in [0.4, 0.5) is 0 Å². The topological polar surface area (TPSA) is 111 Å². The molecule has 0 radical (unpaired) electrons. The number of carboxylic acids is 1. The Morgan fingerprint density at radius 2 is 2.18 bits per heavy atom. The zero-order valence-electron chi connectivity index (χ0n) is 9.26. The molecule has 1 aliphatic rings. The van der Waals surface area contributed by atoms with E-state index in [9.17, 15) is 13.2 Å². The van der Waals surface area contributed by atoms with Gasteiger partial charge in [0.25, 0.3) is 0 Å². The van der Waals surface area contributed by atoms with E-state index in [1.54, 1.807) is 6.92 Å². The molecular formula is C10H13NO5S. The third kappa shape index (κ3) is 2.07. The highest BCUT2D eigenvalue weighted by atomic mass is 32.2. The van der Waals surface area contributed by atoms with Gasteiger partial charge in [-0.05, 0) is 13.3 Å². The number of furan rings is 1. The van der Waals surface area contributed by atoms with Gasteiger partial charge >= 0.3 is 5.97 Å². The lowest BCUT2D eigenvalue weighted by Gasteiger charge is -2.13. The molecule has 1 atom stereocenters. The zero-order chi connectivity index (χ0) is 12.8. The van der Waals surface area contributed by atoms with Crippen LogP contribution in [-0.4, -0.2) is 25.2 Å². The van der Waals surface area contributed by atoms with Gasteiger partial charge in [0, 0.05) is 11.1 Å². The molecule has 6 nitrogen and oxygen atoms in total. The Morgan fingerprint density at radius 3 is 2.76 bits per heavy atom. The lowest BCUT2D eigenvalue weighted by molar-refractivity contribution is -0.138. The van der Waals surface area contributed by atoms with Gasteiger partial charge in [0.05, 0.1) is 5.75 Å². The van der Waals surface area contributed by atoms with E-state index < -0.39 is 21.8 Å². The van der Waals surface area contributed by atoms with E-state index in [0.717, 1.165) is 0 Å². The minimum atomic E-state index is -3.13. The second kappa shape index (κ2) is 3.85. The van der Waals surface area contributed by atoms with Gasteiger partial charge in [-0.1, -0.05) is 0 Å². The van der Waals surface area contributed by atoms with Crippen LogP contribution in [0, 0.1) is 6.92 Å². The fourth-order valence-electron chi connectivity index (χ4n) is 2.11. The molecule has 1 aromatic heterocycles. The number of carboxylic acid groups (broad SMARTS) is 1. The normalized spacial score (nSPS) is 19.6. The molecule has 0 bridgehead atoms. The van der Waals surface area contributed by atoms with Gasteiger partial charge in [-0.25, -0.2) is 8.42 Å². The molecule has 0 aromatic carbocycles. The predicted molar refractivity (Wildman–Crippen MR) is 59.2 cm³/mol. The number of hydrogen-bond donors (Lipinski definition) is 2. The maximum absolute atomic E-state index is 11.4. The van der Waals surface area contributed by atoms with Crippen molar-refractivity contribution in [2.45, 2.75) is 25.1 Å². The van der Waals surface area contributed by atoms with Crippen molar-refractivity contribution in [1.82, 2.24) is 0 Å². The third-order valence-electron chi connectivity index (χ3n) is 2.91. The Hall–Kier alpha value is -1.34. The fraction of sp³-hybridized carbons (Fsp3) is 0.500. The van der Waals surface area contributed by atoms with Crippen molar-refractivity contribution in [1.29, 1.82) is 0 Å². The third-order valence-corrected chi connectivity index (χ3v) is 4.44. The minimum absolute atomic E-state index is 0.0122. The maximum atomic E-state index is 11.4. The molecule has 0 spiro atoms. The van der Waals surface area contributed by atoms with E-state index in [-0.39, 0.29) is 17.9 Å². The summed E-state index contributed by atoms with van der Waals surface area (Å²) < 4.78 is 28.2. The highest BCUT2D eigenvalue weighted by molar-refractivity contribution is 7.90. The number of carbonyl (C=O) groups is 1. The van der Waals surface area contributed by atoms with Gasteiger partial charge in [-0.3, -0.25) is 4.79 Å². The van der Waals surface area contributed by atoms with Crippen molar-refractivity contribution in [3.63, 3.8) is 0 Å². The lowest BCUT2D eigenvalue weighted by Crippen LogP contribution is -2.24. The second-order valence-electron chi connectivity index (χ2n) is 4.13. The van der Waals surface area contributed by atoms with E-state index in [2.05, 4.69) is 0 Å². The molecule has 0 aliphatic carbocycles. The van der Waals surface area contributed by atoms with Gasteiger partial charge in [0.1, 0.15) is 23.3 Å². The van der Waals surface area contributed by atoms with Crippen molar-refractivity contribution < 1.29 is 22.7 Å². The number of rotatable bonds is 2. The van der Waals surface area contributed by atoms with E-state index in [4.69, 9.17) is 15.3 Å². The molecule has 2 heterocycles. The first-order chi connectivity index (χ1) is 7.82. The summed E-state index contributed by atoms with van der Waals surface area (Å²) in [4.78, 5) is 10.9. The molecule has 3 N–H and O–H groups in total. The summed E-state index contributed by atoms with van der Waals surface area (Å²) in [5, 5.41) is 8.90. The monoisotopic (exact) mass is 259 g/mol. The minimum Gasteiger partial charge on any atom is -0.480 e. The van der Waals surface area contributed by atoms with Crippen molar-refractivity contribution in [3.8, 4) is 0 Å². The maximum Gasteiger partial charge on any atom is 0.325 e. The van der Waals surface area contributed by atoms with Crippen molar-refractivity contribution in [3.05, 3.63) is 22.6 Å². The van der Waals surface area contributed by atoms with E-state index in [0.29, 0.717) is 22.6 Å². The number of aryl methyl sites for hydroxylation is 1. The Kier molecular flexibility index (Phi) is 2.75. The average molecular weight is 259 g/mol. The van der Waals surface area contributed by atoms with Crippen LogP contribution < -0.4 is 5.73 Å². The van der Waals surface area contributed by atoms with E-state index in [1.165, 1.54) is 0 Å². The zero-order valence-corrected chi connectivity index (χ0v) is 10.1. The molecule has 0 amide bonds. The van der Waals surface area contributed by atoms with Crippen LogP contribution in [-0.2, 0) is 26.8 Å². The van der Waals surface area contributed by atoms with Gasteiger partial charge in [0.15, 0.2) is 9.84 Å². The number of aliphatic carboxylic acids is 1. The molecular weight excluding hydrogens is 246 g/mol. The van der Waals surface area contributed by atoms with Crippen LogP contribution in [0.1, 0.15) is 28.7 Å². The van der Waals surface area contributed by atoms with Crippen LogP contribution in [0.3, 0.4) is 0 Å². The van der Waals surface area contributed by atoms with Gasteiger partial charge in [-0.15, -0.1) is 0 Å². The largest absolute Gasteiger partial charge is 0.480 e. The smallest absolute Gasteiger partial charge is 0.325 e. The van der Waals surface area contributed by atoms with Crippen LogP contribution in [0.5, 0.6) is 0 Å². The van der Waals surface area contributed by atoms with Crippen LogP contribution >= 0.6 is 0 Å². The van der Waals surface area contributed by atoms with Gasteiger partial charge in [-0.2, -0.15) is 0 Å². The van der Waals surface area contributed by atoms with Crippen molar-refractivity contribution in [2.24, 2.45) is 5.73 Å². The predicted octanol–water partition coefficient (Wildman–Crippen LogP) is 0.143. The first-order valence-corrected chi connectivity index (χ1v) is 6.94. The molecule has 7 heteroatoms. The highest BCUT2D eigenvalue weighted by Gasteiger charge is 2.32. The van der Waals surface area contributed by atoms with E-state index in [1.807, 2.05) is 0 Å². The Balaban J connectivity index is 2.51. The molecule has 0 fully saturated rings. The van der Waals surface area contributed by atoms with Gasteiger partial charge in [0.2, 0.25) is 0 Å². The van der Waals surface area contributed by atoms with Crippen LogP contribution in [0.25, 0.3) is 0 Å². The van der Waals surface area contributed by atoms with Crippen molar-refractivity contribution in [2.75, 3.05) is 5.75 Å². The standard InChI is InChI=1S/C10H13NO5S/c1-5-8(9(11)10(12)13)6-2-3-17(14,15)4-7(6)16-5/h9H,2-4,11H2,1H3,(H,12,13). The van der Waals surface area contributed by atoms with Crippen molar-refractivity contribution >= 4 is 15.8 Å². The first-order valence-electron chi connectivity index (χ1n) is 5.11. The Labute approximate surface area is 98.3 Å². The number of nitrogens with two attached hydrogens (primary N) is 1. The first kappa shape index (κ1) is 12.1. The Morgan fingerprint density at radius 1 is 1.53 bits per heavy atom. The fourth-order valence-corrected chi connectivity index (χ4v) is 3.41. The average Bonchev–Trinajstić information content (AvgIpc) is 2.50. The number of hydrogen-bond acceptors (Lipinski definition) is 5. The highest BCUT2D eigenvalue weighted by Crippen LogP contribution is 2.32. The second-order valence-corrected chi connectivity index (χ2v) is 6.32. The molecule has 94 valence electrons. The molecule has 0 saturated carbocycles. The molecule has 1 unspecified atom stereocenters. The molecule has 2 rings (SSSR count). The number of fused-ring (bicyclic) bond motifs is 1. The van der Waals surface area contributed by atoms with Crippen LogP contribution in [0.2, 0.25) is 0 Å². The lowest BCUT2D eigenvalue weighted by atomic mass is 10.00. The summed E-state index contributed by atoms with van der Waals surface area (Å²) >= 11 is 0. The quantitative estimate of drug-likeness (QED) is 0.781. The summed E-state index contributed by atoms with van der Waals surface area (Å²) in [7, 11) is -3.13. The SMILES string of the molecule is Cc1oc2c(c1C(N)C(=O)O)CCS(=O)(=O)C2. The summed E-state index contributed by atoms with van der Waals surface area (Å²) in [5.41, 5.74) is 6.63. The summed E-state index contributed by atoms with van der Waals surface area (Å²) in [6.07, 6.45) is 0.269.